The number of halogens is 1. The predicted octanol–water partition coefficient (Wildman–Crippen LogP) is 3.49. The van der Waals surface area contributed by atoms with Gasteiger partial charge in [-0.2, -0.15) is 8.42 Å². The summed E-state index contributed by atoms with van der Waals surface area (Å²) < 4.78 is 30.8. The zero-order valence-corrected chi connectivity index (χ0v) is 14.1. The first-order valence-corrected chi connectivity index (χ1v) is 9.57. The number of alkyl halides is 1. The quantitative estimate of drug-likeness (QED) is 0.347. The van der Waals surface area contributed by atoms with Crippen LogP contribution >= 0.6 is 11.6 Å². The fourth-order valence-electron chi connectivity index (χ4n) is 3.78. The molecule has 0 spiro atoms. The van der Waals surface area contributed by atoms with Crippen LogP contribution in [-0.2, 0) is 14.3 Å². The van der Waals surface area contributed by atoms with Crippen LogP contribution in [0.5, 0.6) is 0 Å². The van der Waals surface area contributed by atoms with E-state index in [0.29, 0.717) is 24.6 Å². The highest BCUT2D eigenvalue weighted by atomic mass is 35.5. The van der Waals surface area contributed by atoms with E-state index in [1.807, 2.05) is 0 Å². The Morgan fingerprint density at radius 1 is 1.26 bits per heavy atom. The van der Waals surface area contributed by atoms with Crippen LogP contribution in [0.15, 0.2) is 29.2 Å². The molecule has 0 saturated heterocycles. The minimum atomic E-state index is -3.97. The van der Waals surface area contributed by atoms with Crippen LogP contribution in [-0.4, -0.2) is 24.8 Å². The van der Waals surface area contributed by atoms with E-state index in [9.17, 15) is 18.5 Å². The lowest BCUT2D eigenvalue weighted by Crippen LogP contribution is -2.51. The molecular formula is C15H18ClNO5S. The van der Waals surface area contributed by atoms with Crippen LogP contribution in [0.1, 0.15) is 32.1 Å². The number of fused-ring (bicyclic) bond motifs is 3. The van der Waals surface area contributed by atoms with Crippen molar-refractivity contribution in [1.29, 1.82) is 0 Å². The molecule has 8 heteroatoms. The van der Waals surface area contributed by atoms with Gasteiger partial charge in [-0.25, -0.2) is 0 Å². The second-order valence-electron chi connectivity index (χ2n) is 6.38. The fraction of sp³-hybridized carbons (Fsp3) is 0.600. The number of hydrogen-bond donors (Lipinski definition) is 0. The van der Waals surface area contributed by atoms with Crippen molar-refractivity contribution in [3.05, 3.63) is 34.4 Å². The summed E-state index contributed by atoms with van der Waals surface area (Å²) in [7, 11) is -3.97. The summed E-state index contributed by atoms with van der Waals surface area (Å²) in [5, 5.41) is 10.7. The van der Waals surface area contributed by atoms with E-state index in [2.05, 4.69) is 0 Å². The molecule has 23 heavy (non-hydrogen) atoms. The van der Waals surface area contributed by atoms with Crippen molar-refractivity contribution in [1.82, 2.24) is 0 Å². The summed E-state index contributed by atoms with van der Waals surface area (Å²) in [5.41, 5.74) is -0.879. The molecule has 3 saturated carbocycles. The summed E-state index contributed by atoms with van der Waals surface area (Å²) >= 11 is 6.04. The third kappa shape index (κ3) is 3.09. The monoisotopic (exact) mass is 359 g/mol. The first-order valence-electron chi connectivity index (χ1n) is 7.62. The molecule has 4 rings (SSSR count). The van der Waals surface area contributed by atoms with Crippen molar-refractivity contribution < 1.29 is 17.5 Å². The molecule has 0 aromatic heterocycles. The Morgan fingerprint density at radius 2 is 1.87 bits per heavy atom. The standard InChI is InChI=1S/C15H18ClNO5S/c16-10-12-9-11-5-7-15(12,8-6-11)22-23(20,21)14-3-1-13(2-4-14)17(18)19/h1-4,11-12H,5-10H2/t11?,12-,15?/m1/s1. The minimum Gasteiger partial charge on any atom is -0.259 e. The Labute approximate surface area is 140 Å². The third-order valence-corrected chi connectivity index (χ3v) is 6.88. The molecule has 3 aliphatic rings. The molecule has 1 aromatic rings. The van der Waals surface area contributed by atoms with E-state index >= 15 is 0 Å². The maximum Gasteiger partial charge on any atom is 0.297 e. The van der Waals surface area contributed by atoms with E-state index in [4.69, 9.17) is 15.8 Å². The van der Waals surface area contributed by atoms with Gasteiger partial charge in [0.15, 0.2) is 0 Å². The van der Waals surface area contributed by atoms with Crippen LogP contribution in [0.2, 0.25) is 0 Å². The summed E-state index contributed by atoms with van der Waals surface area (Å²) in [6.07, 6.45) is 4.22. The number of hydrogen-bond acceptors (Lipinski definition) is 5. The van der Waals surface area contributed by atoms with Gasteiger partial charge in [-0.3, -0.25) is 14.3 Å². The summed E-state index contributed by atoms with van der Waals surface area (Å²) in [6.45, 7) is 0. The Bertz CT molecular complexity index is 695. The zero-order valence-electron chi connectivity index (χ0n) is 12.5. The average molecular weight is 360 g/mol. The largest absolute Gasteiger partial charge is 0.297 e. The Hall–Kier alpha value is -1.18. The summed E-state index contributed by atoms with van der Waals surface area (Å²) in [6, 6.07) is 4.78. The molecule has 0 amide bonds. The second kappa shape index (κ2) is 6.03. The zero-order chi connectivity index (χ0) is 16.7. The number of nitrogens with zero attached hydrogens (tertiary/aromatic N) is 1. The van der Waals surface area contributed by atoms with Gasteiger partial charge < -0.3 is 0 Å². The summed E-state index contributed by atoms with van der Waals surface area (Å²) in [5.74, 6) is 1.03. The molecule has 0 aliphatic heterocycles. The van der Waals surface area contributed by atoms with Gasteiger partial charge in [0.25, 0.3) is 15.8 Å². The first-order chi connectivity index (χ1) is 10.9. The van der Waals surface area contributed by atoms with Gasteiger partial charge in [-0.1, -0.05) is 0 Å². The molecular weight excluding hydrogens is 342 g/mol. The number of nitro benzene ring substituents is 1. The van der Waals surface area contributed by atoms with Crippen LogP contribution in [0.25, 0.3) is 0 Å². The molecule has 126 valence electrons. The Morgan fingerprint density at radius 3 is 2.39 bits per heavy atom. The Kier molecular flexibility index (Phi) is 4.37. The third-order valence-electron chi connectivity index (χ3n) is 5.11. The molecule has 0 heterocycles. The van der Waals surface area contributed by atoms with Gasteiger partial charge in [0.2, 0.25) is 0 Å². The number of benzene rings is 1. The van der Waals surface area contributed by atoms with Crippen LogP contribution < -0.4 is 0 Å². The van der Waals surface area contributed by atoms with Gasteiger partial charge >= 0.3 is 0 Å². The van der Waals surface area contributed by atoms with Gasteiger partial charge in [0, 0.05) is 23.9 Å². The number of nitro groups is 1. The van der Waals surface area contributed by atoms with Gasteiger partial charge in [-0.05, 0) is 50.2 Å². The van der Waals surface area contributed by atoms with Crippen molar-refractivity contribution in [3.63, 3.8) is 0 Å². The van der Waals surface area contributed by atoms with Crippen molar-refractivity contribution in [2.75, 3.05) is 5.88 Å². The van der Waals surface area contributed by atoms with Crippen molar-refractivity contribution in [2.45, 2.75) is 42.6 Å². The maximum absolute atomic E-state index is 12.6. The van der Waals surface area contributed by atoms with E-state index < -0.39 is 20.6 Å². The summed E-state index contributed by atoms with van der Waals surface area (Å²) in [4.78, 5) is 10.0. The van der Waals surface area contributed by atoms with Crippen LogP contribution in [0, 0.1) is 22.0 Å². The maximum atomic E-state index is 12.6. The van der Waals surface area contributed by atoms with Crippen LogP contribution in [0.4, 0.5) is 5.69 Å². The fourth-order valence-corrected chi connectivity index (χ4v) is 5.50. The average Bonchev–Trinajstić information content (AvgIpc) is 2.55. The van der Waals surface area contributed by atoms with Crippen molar-refractivity contribution in [2.24, 2.45) is 11.8 Å². The molecule has 3 aliphatic carbocycles. The molecule has 0 unspecified atom stereocenters. The first kappa shape index (κ1) is 16.7. The Balaban J connectivity index is 1.86. The number of rotatable bonds is 5. The normalized spacial score (nSPS) is 30.3. The minimum absolute atomic E-state index is 0.0319. The van der Waals surface area contributed by atoms with Gasteiger partial charge in [-0.15, -0.1) is 11.6 Å². The molecule has 2 bridgehead atoms. The van der Waals surface area contributed by atoms with Gasteiger partial charge in [0.05, 0.1) is 15.4 Å². The SMILES string of the molecule is O=[N+]([O-])c1ccc(S(=O)(=O)OC23CCC(CC2)C[C@@H]3CCl)cc1. The highest BCUT2D eigenvalue weighted by Crippen LogP contribution is 2.51. The highest BCUT2D eigenvalue weighted by Gasteiger charge is 2.51. The van der Waals surface area contributed by atoms with E-state index in [0.717, 1.165) is 19.3 Å². The lowest BCUT2D eigenvalue weighted by Gasteiger charge is -2.50. The lowest BCUT2D eigenvalue weighted by molar-refractivity contribution is -0.384. The number of non-ortho nitro benzene ring substituents is 1. The molecule has 3 fully saturated rings. The van der Waals surface area contributed by atoms with E-state index in [1.165, 1.54) is 24.3 Å². The van der Waals surface area contributed by atoms with Crippen molar-refractivity contribution >= 4 is 27.4 Å². The molecule has 6 nitrogen and oxygen atoms in total. The van der Waals surface area contributed by atoms with Crippen LogP contribution in [0.3, 0.4) is 0 Å². The predicted molar refractivity (Wildman–Crippen MR) is 84.9 cm³/mol. The molecule has 1 atom stereocenters. The smallest absolute Gasteiger partial charge is 0.259 e. The molecule has 0 radical (unpaired) electrons. The van der Waals surface area contributed by atoms with E-state index in [1.54, 1.807) is 0 Å². The van der Waals surface area contributed by atoms with E-state index in [-0.39, 0.29) is 16.5 Å². The molecule has 1 aromatic carbocycles. The molecule has 0 N–H and O–H groups in total. The second-order valence-corrected chi connectivity index (χ2v) is 8.24. The van der Waals surface area contributed by atoms with Gasteiger partial charge in [0.1, 0.15) is 0 Å². The van der Waals surface area contributed by atoms with Crippen molar-refractivity contribution in [3.8, 4) is 0 Å². The lowest BCUT2D eigenvalue weighted by atomic mass is 9.62. The topological polar surface area (TPSA) is 86.5 Å². The highest BCUT2D eigenvalue weighted by molar-refractivity contribution is 7.86.